The number of hydrogen-bond donors (Lipinski definition) is 3. The van der Waals surface area contributed by atoms with Gasteiger partial charge in [-0.25, -0.2) is 4.99 Å². The average molecular weight is 497 g/mol. The maximum atomic E-state index is 12.1. The molecular formula is C21H32IN5O. The number of nitrogens with zero attached hydrogens (tertiary/aromatic N) is 2. The summed E-state index contributed by atoms with van der Waals surface area (Å²) >= 11 is 0. The lowest BCUT2D eigenvalue weighted by molar-refractivity contribution is 0.0939. The molecule has 2 rings (SSSR count). The molecule has 28 heavy (non-hydrogen) atoms. The number of aromatic nitrogens is 1. The fourth-order valence-electron chi connectivity index (χ4n) is 2.51. The van der Waals surface area contributed by atoms with Crippen LogP contribution in [-0.4, -0.2) is 35.6 Å². The van der Waals surface area contributed by atoms with Crippen molar-refractivity contribution >= 4 is 35.8 Å². The Hall–Kier alpha value is -2.03. The van der Waals surface area contributed by atoms with Gasteiger partial charge in [0.1, 0.15) is 0 Å². The van der Waals surface area contributed by atoms with Gasteiger partial charge in [0, 0.05) is 43.6 Å². The molecule has 0 radical (unpaired) electrons. The zero-order valence-corrected chi connectivity index (χ0v) is 19.3. The quantitative estimate of drug-likeness (QED) is 0.283. The van der Waals surface area contributed by atoms with Crippen LogP contribution in [0.15, 0.2) is 53.8 Å². The molecular weight excluding hydrogens is 465 g/mol. The molecule has 1 amide bonds. The standard InChI is InChI=1S/C21H31N5O.HI/c1-4-17(3)25-20(27)19-10-8-18(9-11-19)16-24-21(22-5-2)23-12-15-26-13-6-7-14-26;/h6-11,13-14,17H,4-5,12,15-16H2,1-3H3,(H,25,27)(H2,22,23,24);1H. The van der Waals surface area contributed by atoms with Crippen LogP contribution in [0.3, 0.4) is 0 Å². The molecule has 0 saturated heterocycles. The zero-order chi connectivity index (χ0) is 19.5. The fourth-order valence-corrected chi connectivity index (χ4v) is 2.51. The summed E-state index contributed by atoms with van der Waals surface area (Å²) in [6.07, 6.45) is 5.01. The van der Waals surface area contributed by atoms with E-state index in [1.807, 2.05) is 62.6 Å². The minimum atomic E-state index is -0.0283. The molecule has 2 aromatic rings. The van der Waals surface area contributed by atoms with E-state index < -0.39 is 0 Å². The number of aliphatic imine (C=N–C) groups is 1. The molecule has 0 aliphatic heterocycles. The van der Waals surface area contributed by atoms with E-state index in [1.54, 1.807) is 0 Å². The summed E-state index contributed by atoms with van der Waals surface area (Å²) in [5.41, 5.74) is 1.75. The first-order valence-electron chi connectivity index (χ1n) is 9.65. The van der Waals surface area contributed by atoms with Gasteiger partial charge >= 0.3 is 0 Å². The largest absolute Gasteiger partial charge is 0.357 e. The topological polar surface area (TPSA) is 70.4 Å². The van der Waals surface area contributed by atoms with Crippen LogP contribution >= 0.6 is 24.0 Å². The van der Waals surface area contributed by atoms with Gasteiger partial charge in [0.15, 0.2) is 5.96 Å². The lowest BCUT2D eigenvalue weighted by atomic mass is 10.1. The van der Waals surface area contributed by atoms with Crippen molar-refractivity contribution in [2.45, 2.75) is 46.3 Å². The van der Waals surface area contributed by atoms with Crippen molar-refractivity contribution in [1.82, 2.24) is 20.5 Å². The maximum Gasteiger partial charge on any atom is 0.251 e. The third kappa shape index (κ3) is 8.33. The smallest absolute Gasteiger partial charge is 0.251 e. The molecule has 1 heterocycles. The van der Waals surface area contributed by atoms with Crippen LogP contribution in [0.2, 0.25) is 0 Å². The Morgan fingerprint density at radius 3 is 2.39 bits per heavy atom. The molecule has 6 nitrogen and oxygen atoms in total. The van der Waals surface area contributed by atoms with E-state index in [0.717, 1.165) is 37.6 Å². The molecule has 3 N–H and O–H groups in total. The zero-order valence-electron chi connectivity index (χ0n) is 16.9. The minimum Gasteiger partial charge on any atom is -0.357 e. The van der Waals surface area contributed by atoms with Crippen molar-refractivity contribution < 1.29 is 4.79 Å². The average Bonchev–Trinajstić information content (AvgIpc) is 3.19. The number of halogens is 1. The van der Waals surface area contributed by atoms with Crippen molar-refractivity contribution in [2.75, 3.05) is 13.1 Å². The summed E-state index contributed by atoms with van der Waals surface area (Å²) in [4.78, 5) is 16.8. The number of carbonyl (C=O) groups excluding carboxylic acids is 1. The highest BCUT2D eigenvalue weighted by molar-refractivity contribution is 14.0. The van der Waals surface area contributed by atoms with Gasteiger partial charge in [0.2, 0.25) is 0 Å². The fraction of sp³-hybridized carbons (Fsp3) is 0.429. The maximum absolute atomic E-state index is 12.1. The van der Waals surface area contributed by atoms with E-state index >= 15 is 0 Å². The Labute approximate surface area is 185 Å². The van der Waals surface area contributed by atoms with Gasteiger partial charge in [-0.15, -0.1) is 24.0 Å². The van der Waals surface area contributed by atoms with E-state index in [1.165, 1.54) is 0 Å². The van der Waals surface area contributed by atoms with Crippen LogP contribution in [0.25, 0.3) is 0 Å². The normalized spacial score (nSPS) is 12.0. The van der Waals surface area contributed by atoms with Crippen LogP contribution in [0.4, 0.5) is 0 Å². The monoisotopic (exact) mass is 497 g/mol. The summed E-state index contributed by atoms with van der Waals surface area (Å²) in [7, 11) is 0. The van der Waals surface area contributed by atoms with Gasteiger partial charge in [-0.2, -0.15) is 0 Å². The number of rotatable bonds is 9. The minimum absolute atomic E-state index is 0. The summed E-state index contributed by atoms with van der Waals surface area (Å²) in [6.45, 7) is 9.17. The SMILES string of the molecule is CCNC(=NCc1ccc(C(=O)NC(C)CC)cc1)NCCn1cccc1.I. The van der Waals surface area contributed by atoms with Crippen molar-refractivity contribution in [2.24, 2.45) is 4.99 Å². The molecule has 0 saturated carbocycles. The highest BCUT2D eigenvalue weighted by Gasteiger charge is 2.08. The second kappa shape index (κ2) is 13.2. The summed E-state index contributed by atoms with van der Waals surface area (Å²) in [6, 6.07) is 11.8. The number of guanidine groups is 1. The first-order valence-corrected chi connectivity index (χ1v) is 9.65. The first kappa shape index (κ1) is 24.0. The van der Waals surface area contributed by atoms with Crippen molar-refractivity contribution in [3.05, 3.63) is 59.9 Å². The van der Waals surface area contributed by atoms with Crippen LogP contribution in [0.5, 0.6) is 0 Å². The van der Waals surface area contributed by atoms with Gasteiger partial charge in [-0.1, -0.05) is 19.1 Å². The Bertz CT molecular complexity index is 713. The van der Waals surface area contributed by atoms with E-state index in [-0.39, 0.29) is 35.9 Å². The summed E-state index contributed by atoms with van der Waals surface area (Å²) < 4.78 is 2.12. The number of carbonyl (C=O) groups is 1. The van der Waals surface area contributed by atoms with Crippen molar-refractivity contribution in [3.63, 3.8) is 0 Å². The lowest BCUT2D eigenvalue weighted by Gasteiger charge is -2.12. The van der Waals surface area contributed by atoms with E-state index in [0.29, 0.717) is 12.1 Å². The second-order valence-electron chi connectivity index (χ2n) is 6.52. The van der Waals surface area contributed by atoms with Gasteiger partial charge in [0.25, 0.3) is 5.91 Å². The Morgan fingerprint density at radius 1 is 1.11 bits per heavy atom. The Balaban J connectivity index is 0.00000392. The van der Waals surface area contributed by atoms with Gasteiger partial charge in [-0.05, 0) is 50.1 Å². The van der Waals surface area contributed by atoms with Crippen molar-refractivity contribution in [3.8, 4) is 0 Å². The molecule has 0 fully saturated rings. The van der Waals surface area contributed by atoms with Gasteiger partial charge in [-0.3, -0.25) is 4.79 Å². The molecule has 0 aliphatic rings. The van der Waals surface area contributed by atoms with Crippen molar-refractivity contribution in [1.29, 1.82) is 0 Å². The van der Waals surface area contributed by atoms with Gasteiger partial charge < -0.3 is 20.5 Å². The molecule has 7 heteroatoms. The first-order chi connectivity index (χ1) is 13.1. The molecule has 1 aromatic carbocycles. The number of benzene rings is 1. The Kier molecular flexibility index (Phi) is 11.3. The van der Waals surface area contributed by atoms with Gasteiger partial charge in [0.05, 0.1) is 6.54 Å². The summed E-state index contributed by atoms with van der Waals surface area (Å²) in [5.74, 6) is 0.766. The predicted molar refractivity (Wildman–Crippen MR) is 126 cm³/mol. The number of amides is 1. The van der Waals surface area contributed by atoms with Crippen LogP contribution in [-0.2, 0) is 13.1 Å². The second-order valence-corrected chi connectivity index (χ2v) is 6.52. The van der Waals surface area contributed by atoms with Crippen LogP contribution in [0, 0.1) is 0 Å². The molecule has 0 spiro atoms. The van der Waals surface area contributed by atoms with Crippen LogP contribution < -0.4 is 16.0 Å². The number of nitrogens with one attached hydrogen (secondary N) is 3. The highest BCUT2D eigenvalue weighted by atomic mass is 127. The van der Waals surface area contributed by atoms with E-state index in [2.05, 4.69) is 32.4 Å². The molecule has 0 aliphatic carbocycles. The molecule has 154 valence electrons. The molecule has 1 atom stereocenters. The lowest BCUT2D eigenvalue weighted by Crippen LogP contribution is -2.38. The van der Waals surface area contributed by atoms with E-state index in [4.69, 9.17) is 0 Å². The summed E-state index contributed by atoms with van der Waals surface area (Å²) in [5, 5.41) is 9.58. The molecule has 1 unspecified atom stereocenters. The molecule has 1 aromatic heterocycles. The Morgan fingerprint density at radius 2 is 1.79 bits per heavy atom. The van der Waals surface area contributed by atoms with Crippen LogP contribution in [0.1, 0.15) is 43.1 Å². The predicted octanol–water partition coefficient (Wildman–Crippen LogP) is 3.39. The third-order valence-corrected chi connectivity index (χ3v) is 4.30. The number of hydrogen-bond acceptors (Lipinski definition) is 2. The molecule has 0 bridgehead atoms. The third-order valence-electron chi connectivity index (χ3n) is 4.30. The van der Waals surface area contributed by atoms with E-state index in [9.17, 15) is 4.79 Å². The highest BCUT2D eigenvalue weighted by Crippen LogP contribution is 2.06.